The minimum absolute atomic E-state index is 0.198. The molecule has 0 fully saturated rings. The first kappa shape index (κ1) is 19.1. The van der Waals surface area contributed by atoms with Gasteiger partial charge in [-0.05, 0) is 42.2 Å². The molecule has 25 heavy (non-hydrogen) atoms. The molecule has 0 saturated heterocycles. The van der Waals surface area contributed by atoms with E-state index in [0.717, 1.165) is 5.75 Å². The van der Waals surface area contributed by atoms with Crippen LogP contribution in [0.2, 0.25) is 0 Å². The number of amides is 1. The van der Waals surface area contributed by atoms with Crippen LogP contribution in [0.25, 0.3) is 0 Å². The van der Waals surface area contributed by atoms with E-state index in [2.05, 4.69) is 5.32 Å². The molecule has 0 radical (unpaired) electrons. The van der Waals surface area contributed by atoms with Gasteiger partial charge in [-0.25, -0.2) is 4.39 Å². The fourth-order valence-corrected chi connectivity index (χ4v) is 2.50. The summed E-state index contributed by atoms with van der Waals surface area (Å²) in [6.07, 6.45) is 1.97. The number of benzene rings is 2. The van der Waals surface area contributed by atoms with E-state index in [1.54, 1.807) is 36.0 Å². The quantitative estimate of drug-likeness (QED) is 0.704. The zero-order valence-corrected chi connectivity index (χ0v) is 15.0. The highest BCUT2D eigenvalue weighted by molar-refractivity contribution is 7.98. The molecule has 0 aromatic heterocycles. The number of carbonyl (C=O) groups excluding carboxylic acids is 1. The van der Waals surface area contributed by atoms with E-state index < -0.39 is 5.82 Å². The molecule has 0 bridgehead atoms. The number of nitrogens with one attached hydrogen (secondary N) is 1. The Bertz CT molecular complexity index is 740. The van der Waals surface area contributed by atoms with Crippen LogP contribution in [0.5, 0.6) is 17.2 Å². The van der Waals surface area contributed by atoms with Gasteiger partial charge >= 0.3 is 0 Å². The third-order valence-corrected chi connectivity index (χ3v) is 4.02. The van der Waals surface area contributed by atoms with E-state index >= 15 is 0 Å². The first-order chi connectivity index (χ1) is 12.1. The summed E-state index contributed by atoms with van der Waals surface area (Å²) in [6, 6.07) is 9.11. The van der Waals surface area contributed by atoms with Gasteiger partial charge in [-0.3, -0.25) is 4.79 Å². The van der Waals surface area contributed by atoms with Gasteiger partial charge in [0.05, 0.1) is 7.11 Å². The molecule has 2 aromatic carbocycles. The molecular formula is C18H21FN2O3S. The molecule has 0 aliphatic carbocycles. The van der Waals surface area contributed by atoms with E-state index in [1.165, 1.54) is 19.2 Å². The van der Waals surface area contributed by atoms with Crippen LogP contribution >= 0.6 is 11.8 Å². The molecule has 0 aliphatic heterocycles. The smallest absolute Gasteiger partial charge is 0.251 e. The third-order valence-electron chi connectivity index (χ3n) is 3.41. The summed E-state index contributed by atoms with van der Waals surface area (Å²) in [6.45, 7) is 0.773. The Balaban J connectivity index is 2.25. The van der Waals surface area contributed by atoms with Crippen molar-refractivity contribution < 1.29 is 18.7 Å². The third kappa shape index (κ3) is 5.37. The summed E-state index contributed by atoms with van der Waals surface area (Å²) in [5.74, 6) is 1.24. The molecule has 5 nitrogen and oxygen atoms in total. The van der Waals surface area contributed by atoms with Crippen molar-refractivity contribution >= 4 is 17.7 Å². The van der Waals surface area contributed by atoms with Gasteiger partial charge in [0.1, 0.15) is 11.6 Å². The number of hydrogen-bond acceptors (Lipinski definition) is 5. The predicted molar refractivity (Wildman–Crippen MR) is 98.1 cm³/mol. The maximum Gasteiger partial charge on any atom is 0.251 e. The summed E-state index contributed by atoms with van der Waals surface area (Å²) < 4.78 is 24.6. The van der Waals surface area contributed by atoms with Crippen LogP contribution in [0, 0.1) is 5.82 Å². The van der Waals surface area contributed by atoms with Crippen LogP contribution < -0.4 is 20.5 Å². The SMILES string of the molecule is COc1ccc(C(=O)NCCSC)cc1Oc1cc(F)cc(CN)c1. The lowest BCUT2D eigenvalue weighted by molar-refractivity contribution is 0.0956. The summed E-state index contributed by atoms with van der Waals surface area (Å²) in [7, 11) is 1.50. The van der Waals surface area contributed by atoms with Gasteiger partial charge in [0.2, 0.25) is 0 Å². The predicted octanol–water partition coefficient (Wildman–Crippen LogP) is 3.18. The Labute approximate surface area is 150 Å². The molecule has 0 atom stereocenters. The first-order valence-electron chi connectivity index (χ1n) is 7.70. The number of ether oxygens (including phenoxy) is 2. The number of nitrogens with two attached hydrogens (primary N) is 1. The van der Waals surface area contributed by atoms with Crippen LogP contribution in [0.1, 0.15) is 15.9 Å². The lowest BCUT2D eigenvalue weighted by atomic mass is 10.1. The number of hydrogen-bond donors (Lipinski definition) is 2. The summed E-state index contributed by atoms with van der Waals surface area (Å²) in [5, 5.41) is 2.82. The average Bonchev–Trinajstić information content (AvgIpc) is 2.61. The summed E-state index contributed by atoms with van der Waals surface area (Å²) in [5.41, 5.74) is 6.61. The second kappa shape index (κ2) is 9.29. The van der Waals surface area contributed by atoms with Crippen molar-refractivity contribution in [2.24, 2.45) is 5.73 Å². The molecule has 0 saturated carbocycles. The lowest BCUT2D eigenvalue weighted by Crippen LogP contribution is -2.25. The van der Waals surface area contributed by atoms with Crippen LogP contribution in [0.4, 0.5) is 4.39 Å². The highest BCUT2D eigenvalue weighted by Gasteiger charge is 2.12. The van der Waals surface area contributed by atoms with Crippen molar-refractivity contribution in [3.63, 3.8) is 0 Å². The number of thioether (sulfide) groups is 1. The van der Waals surface area contributed by atoms with Gasteiger partial charge < -0.3 is 20.5 Å². The van der Waals surface area contributed by atoms with E-state index in [9.17, 15) is 9.18 Å². The minimum Gasteiger partial charge on any atom is -0.493 e. The number of methoxy groups -OCH3 is 1. The largest absolute Gasteiger partial charge is 0.493 e. The topological polar surface area (TPSA) is 73.6 Å². The standard InChI is InChI=1S/C18H21FN2O3S/c1-23-16-4-3-13(18(22)21-5-6-25-2)9-17(16)24-15-8-12(11-20)7-14(19)10-15/h3-4,7-10H,5-6,11,20H2,1-2H3,(H,21,22). The maximum atomic E-state index is 13.6. The first-order valence-corrected chi connectivity index (χ1v) is 9.09. The van der Waals surface area contributed by atoms with Gasteiger partial charge in [-0.15, -0.1) is 0 Å². The number of rotatable bonds is 8. The maximum absolute atomic E-state index is 13.6. The fraction of sp³-hybridized carbons (Fsp3) is 0.278. The Morgan fingerprint density at radius 3 is 2.72 bits per heavy atom. The highest BCUT2D eigenvalue weighted by atomic mass is 32.2. The lowest BCUT2D eigenvalue weighted by Gasteiger charge is -2.13. The van der Waals surface area contributed by atoms with Gasteiger partial charge in [-0.1, -0.05) is 0 Å². The molecule has 2 aromatic rings. The number of halogens is 1. The molecule has 3 N–H and O–H groups in total. The normalized spacial score (nSPS) is 10.4. The molecule has 2 rings (SSSR count). The summed E-state index contributed by atoms with van der Waals surface area (Å²) >= 11 is 1.65. The van der Waals surface area contributed by atoms with E-state index in [0.29, 0.717) is 34.9 Å². The monoisotopic (exact) mass is 364 g/mol. The van der Waals surface area contributed by atoms with Crippen molar-refractivity contribution in [1.29, 1.82) is 0 Å². The van der Waals surface area contributed by atoms with Crippen LogP contribution in [0.3, 0.4) is 0 Å². The average molecular weight is 364 g/mol. The zero-order valence-electron chi connectivity index (χ0n) is 14.2. The van der Waals surface area contributed by atoms with Crippen molar-refractivity contribution in [2.45, 2.75) is 6.54 Å². The highest BCUT2D eigenvalue weighted by Crippen LogP contribution is 2.33. The zero-order chi connectivity index (χ0) is 18.2. The molecule has 134 valence electrons. The van der Waals surface area contributed by atoms with Crippen molar-refractivity contribution in [3.05, 3.63) is 53.3 Å². The van der Waals surface area contributed by atoms with E-state index in [1.807, 2.05) is 6.26 Å². The van der Waals surface area contributed by atoms with Crippen LogP contribution in [-0.2, 0) is 6.54 Å². The Hall–Kier alpha value is -2.25. The van der Waals surface area contributed by atoms with E-state index in [-0.39, 0.29) is 12.5 Å². The second-order valence-corrected chi connectivity index (χ2v) is 6.20. The van der Waals surface area contributed by atoms with Crippen LogP contribution in [-0.4, -0.2) is 31.6 Å². The van der Waals surface area contributed by atoms with E-state index in [4.69, 9.17) is 15.2 Å². The molecule has 1 amide bonds. The molecule has 0 spiro atoms. The Morgan fingerprint density at radius 1 is 1.24 bits per heavy atom. The fourth-order valence-electron chi connectivity index (χ4n) is 2.19. The Kier molecular flexibility index (Phi) is 7.09. The summed E-state index contributed by atoms with van der Waals surface area (Å²) in [4.78, 5) is 12.2. The molecular weight excluding hydrogens is 343 g/mol. The molecule has 7 heteroatoms. The second-order valence-electron chi connectivity index (χ2n) is 5.22. The van der Waals surface area contributed by atoms with Crippen molar-refractivity contribution in [1.82, 2.24) is 5.32 Å². The molecule has 0 unspecified atom stereocenters. The van der Waals surface area contributed by atoms with Crippen molar-refractivity contribution in [3.8, 4) is 17.2 Å². The van der Waals surface area contributed by atoms with Gasteiger partial charge in [-0.2, -0.15) is 11.8 Å². The minimum atomic E-state index is -0.442. The molecule has 0 aliphatic rings. The van der Waals surface area contributed by atoms with Gasteiger partial charge in [0.25, 0.3) is 5.91 Å². The molecule has 0 heterocycles. The van der Waals surface area contributed by atoms with Crippen LogP contribution in [0.15, 0.2) is 36.4 Å². The van der Waals surface area contributed by atoms with Gasteiger partial charge in [0.15, 0.2) is 11.5 Å². The Morgan fingerprint density at radius 2 is 2.04 bits per heavy atom. The van der Waals surface area contributed by atoms with Crippen molar-refractivity contribution in [2.75, 3.05) is 25.7 Å². The van der Waals surface area contributed by atoms with Gasteiger partial charge in [0, 0.05) is 30.5 Å². The number of carbonyl (C=O) groups is 1.